The molecule has 0 radical (unpaired) electrons. The van der Waals surface area contributed by atoms with Gasteiger partial charge in [-0.05, 0) is 32.1 Å². The summed E-state index contributed by atoms with van der Waals surface area (Å²) in [4.78, 5) is 37.4. The van der Waals surface area contributed by atoms with Crippen LogP contribution in [-0.2, 0) is 14.4 Å². The summed E-state index contributed by atoms with van der Waals surface area (Å²) < 4.78 is 0. The quantitative estimate of drug-likeness (QED) is 0.717. The number of hydrogen-bond acceptors (Lipinski definition) is 3. The Labute approximate surface area is 132 Å². The van der Waals surface area contributed by atoms with Crippen LogP contribution in [0.3, 0.4) is 0 Å². The van der Waals surface area contributed by atoms with Crippen molar-refractivity contribution < 1.29 is 19.5 Å². The molecule has 126 valence electrons. The van der Waals surface area contributed by atoms with E-state index < -0.39 is 18.1 Å². The van der Waals surface area contributed by atoms with Crippen molar-refractivity contribution in [3.8, 4) is 0 Å². The molecule has 0 bridgehead atoms. The molecule has 1 aliphatic rings. The molecule has 0 aromatic carbocycles. The standard InChI is InChI=1S/C16H28N2O4/c1-3-5-9-12(16(21)22)17-15(20)13-10-6-7-11-18(13)14(19)8-4-2/h12-13H,3-11H2,1-2H3,(H,17,20)(H,21,22)/t12-,13?/m0/s1. The largest absolute Gasteiger partial charge is 0.480 e. The Morgan fingerprint density at radius 1 is 1.23 bits per heavy atom. The Morgan fingerprint density at radius 3 is 2.55 bits per heavy atom. The maximum atomic E-state index is 12.4. The molecule has 2 amide bonds. The predicted octanol–water partition coefficient (Wildman–Crippen LogP) is 1.93. The van der Waals surface area contributed by atoms with Gasteiger partial charge in [0.15, 0.2) is 0 Å². The maximum Gasteiger partial charge on any atom is 0.326 e. The number of aliphatic carboxylic acids is 1. The summed E-state index contributed by atoms with van der Waals surface area (Å²) >= 11 is 0. The van der Waals surface area contributed by atoms with Crippen molar-refractivity contribution in [3.63, 3.8) is 0 Å². The summed E-state index contributed by atoms with van der Waals surface area (Å²) in [7, 11) is 0. The molecular formula is C16H28N2O4. The van der Waals surface area contributed by atoms with Crippen LogP contribution >= 0.6 is 0 Å². The van der Waals surface area contributed by atoms with Gasteiger partial charge in [-0.15, -0.1) is 0 Å². The van der Waals surface area contributed by atoms with Gasteiger partial charge in [0, 0.05) is 13.0 Å². The first-order valence-corrected chi connectivity index (χ1v) is 8.33. The number of carboxylic acids is 1. The highest BCUT2D eigenvalue weighted by atomic mass is 16.4. The number of rotatable bonds is 8. The van der Waals surface area contributed by atoms with Gasteiger partial charge in [-0.3, -0.25) is 9.59 Å². The second-order valence-electron chi connectivity index (χ2n) is 5.89. The van der Waals surface area contributed by atoms with Gasteiger partial charge >= 0.3 is 5.97 Å². The van der Waals surface area contributed by atoms with Crippen LogP contribution in [0.1, 0.15) is 65.2 Å². The molecule has 0 aromatic rings. The molecule has 0 aliphatic carbocycles. The SMILES string of the molecule is CCCC[C@H](NC(=O)C1CCCCN1C(=O)CCC)C(=O)O. The third kappa shape index (κ3) is 5.31. The van der Waals surface area contributed by atoms with Crippen molar-refractivity contribution in [3.05, 3.63) is 0 Å². The van der Waals surface area contributed by atoms with Gasteiger partial charge in [-0.25, -0.2) is 4.79 Å². The molecule has 1 heterocycles. The molecule has 1 rings (SSSR count). The van der Waals surface area contributed by atoms with Gasteiger partial charge < -0.3 is 15.3 Å². The maximum absolute atomic E-state index is 12.4. The molecule has 6 heteroatoms. The van der Waals surface area contributed by atoms with Crippen LogP contribution in [0.5, 0.6) is 0 Å². The van der Waals surface area contributed by atoms with Crippen LogP contribution < -0.4 is 5.32 Å². The molecular weight excluding hydrogens is 284 g/mol. The molecule has 6 nitrogen and oxygen atoms in total. The number of piperidine rings is 1. The molecule has 22 heavy (non-hydrogen) atoms. The highest BCUT2D eigenvalue weighted by Gasteiger charge is 2.33. The molecule has 1 aliphatic heterocycles. The first-order valence-electron chi connectivity index (χ1n) is 8.33. The Morgan fingerprint density at radius 2 is 1.95 bits per heavy atom. The smallest absolute Gasteiger partial charge is 0.326 e. The van der Waals surface area contributed by atoms with E-state index in [-0.39, 0.29) is 11.8 Å². The van der Waals surface area contributed by atoms with Gasteiger partial charge in [-0.2, -0.15) is 0 Å². The van der Waals surface area contributed by atoms with Crippen LogP contribution in [0.25, 0.3) is 0 Å². The Balaban J connectivity index is 2.70. The van der Waals surface area contributed by atoms with Gasteiger partial charge in [-0.1, -0.05) is 26.7 Å². The highest BCUT2D eigenvalue weighted by Crippen LogP contribution is 2.19. The third-order valence-corrected chi connectivity index (χ3v) is 4.05. The number of carboxylic acid groups (broad SMARTS) is 1. The number of hydrogen-bond donors (Lipinski definition) is 2. The minimum Gasteiger partial charge on any atom is -0.480 e. The topological polar surface area (TPSA) is 86.7 Å². The number of carbonyl (C=O) groups excluding carboxylic acids is 2. The fraction of sp³-hybridized carbons (Fsp3) is 0.812. The molecule has 1 saturated heterocycles. The van der Waals surface area contributed by atoms with Gasteiger partial charge in [0.05, 0.1) is 0 Å². The van der Waals surface area contributed by atoms with E-state index in [1.54, 1.807) is 4.90 Å². The Hall–Kier alpha value is -1.59. The number of carbonyl (C=O) groups is 3. The average molecular weight is 312 g/mol. The predicted molar refractivity (Wildman–Crippen MR) is 83.4 cm³/mol. The Bertz CT molecular complexity index is 398. The van der Waals surface area contributed by atoms with Crippen molar-refractivity contribution in [2.45, 2.75) is 77.3 Å². The first kappa shape index (κ1) is 18.5. The molecule has 0 saturated carbocycles. The zero-order valence-electron chi connectivity index (χ0n) is 13.6. The van der Waals surface area contributed by atoms with E-state index in [1.807, 2.05) is 13.8 Å². The first-order chi connectivity index (χ1) is 10.5. The normalized spacial score (nSPS) is 19.5. The van der Waals surface area contributed by atoms with E-state index in [9.17, 15) is 19.5 Å². The zero-order valence-corrected chi connectivity index (χ0v) is 13.6. The van der Waals surface area contributed by atoms with E-state index in [1.165, 1.54) is 0 Å². The van der Waals surface area contributed by atoms with Crippen molar-refractivity contribution in [2.24, 2.45) is 0 Å². The minimum absolute atomic E-state index is 0.0113. The molecule has 2 atom stereocenters. The average Bonchev–Trinajstić information content (AvgIpc) is 2.51. The summed E-state index contributed by atoms with van der Waals surface area (Å²) in [5, 5.41) is 11.8. The molecule has 1 fully saturated rings. The van der Waals surface area contributed by atoms with E-state index in [4.69, 9.17) is 0 Å². The number of amides is 2. The van der Waals surface area contributed by atoms with Crippen molar-refractivity contribution in [1.29, 1.82) is 0 Å². The number of likely N-dealkylation sites (tertiary alicyclic amines) is 1. The van der Waals surface area contributed by atoms with Gasteiger partial charge in [0.2, 0.25) is 11.8 Å². The number of nitrogens with zero attached hydrogens (tertiary/aromatic N) is 1. The second kappa shape index (κ2) is 9.43. The fourth-order valence-electron chi connectivity index (χ4n) is 2.79. The van der Waals surface area contributed by atoms with E-state index in [0.717, 1.165) is 32.1 Å². The van der Waals surface area contributed by atoms with Crippen LogP contribution in [0.2, 0.25) is 0 Å². The summed E-state index contributed by atoms with van der Waals surface area (Å²) in [5.41, 5.74) is 0. The van der Waals surface area contributed by atoms with E-state index in [2.05, 4.69) is 5.32 Å². The molecule has 0 aromatic heterocycles. The van der Waals surface area contributed by atoms with Crippen LogP contribution in [0.15, 0.2) is 0 Å². The number of unbranched alkanes of at least 4 members (excludes halogenated alkanes) is 1. The van der Waals surface area contributed by atoms with Crippen LogP contribution in [-0.4, -0.2) is 46.4 Å². The lowest BCUT2D eigenvalue weighted by Crippen LogP contribution is -2.54. The van der Waals surface area contributed by atoms with Crippen molar-refractivity contribution in [2.75, 3.05) is 6.54 Å². The fourth-order valence-corrected chi connectivity index (χ4v) is 2.79. The summed E-state index contributed by atoms with van der Waals surface area (Å²) in [5.74, 6) is -1.35. The molecule has 0 spiro atoms. The van der Waals surface area contributed by atoms with E-state index in [0.29, 0.717) is 25.8 Å². The molecule has 2 N–H and O–H groups in total. The molecule has 1 unspecified atom stereocenters. The minimum atomic E-state index is -1.01. The summed E-state index contributed by atoms with van der Waals surface area (Å²) in [6.45, 7) is 4.50. The van der Waals surface area contributed by atoms with Gasteiger partial charge in [0.25, 0.3) is 0 Å². The monoisotopic (exact) mass is 312 g/mol. The summed E-state index contributed by atoms with van der Waals surface area (Å²) in [6, 6.07) is -1.38. The van der Waals surface area contributed by atoms with Gasteiger partial charge in [0.1, 0.15) is 12.1 Å². The van der Waals surface area contributed by atoms with Crippen molar-refractivity contribution in [1.82, 2.24) is 10.2 Å². The highest BCUT2D eigenvalue weighted by molar-refractivity contribution is 5.90. The lowest BCUT2D eigenvalue weighted by atomic mass is 9.99. The summed E-state index contributed by atoms with van der Waals surface area (Å²) in [6.07, 6.45) is 5.64. The Kier molecular flexibility index (Phi) is 7.91. The van der Waals surface area contributed by atoms with Crippen molar-refractivity contribution >= 4 is 17.8 Å². The number of nitrogens with one attached hydrogen (secondary N) is 1. The lowest BCUT2D eigenvalue weighted by Gasteiger charge is -2.35. The second-order valence-corrected chi connectivity index (χ2v) is 5.89. The van der Waals surface area contributed by atoms with Crippen LogP contribution in [0.4, 0.5) is 0 Å². The van der Waals surface area contributed by atoms with E-state index >= 15 is 0 Å². The zero-order chi connectivity index (χ0) is 16.5. The third-order valence-electron chi connectivity index (χ3n) is 4.05. The van der Waals surface area contributed by atoms with Crippen LogP contribution in [0, 0.1) is 0 Å². The lowest BCUT2D eigenvalue weighted by molar-refractivity contribution is -0.146.